The number of nitrogens with zero attached hydrogens (tertiary/aromatic N) is 4. The van der Waals surface area contributed by atoms with Crippen LogP contribution in [0.4, 0.5) is 34.1 Å². The first kappa shape index (κ1) is 32.4. The van der Waals surface area contributed by atoms with E-state index in [0.29, 0.717) is 22.1 Å². The Hall–Kier alpha value is -5.54. The van der Waals surface area contributed by atoms with E-state index in [-0.39, 0.29) is 33.5 Å². The predicted molar refractivity (Wildman–Crippen MR) is 186 cm³/mol. The molecule has 6 aromatic rings. The Bertz CT molecular complexity index is 2390. The molecule has 12 nitrogen and oxygen atoms in total. The number of hydrogen-bond donors (Lipinski definition) is 4. The molecule has 14 heteroatoms. The third-order valence-corrected chi connectivity index (χ3v) is 9.72. The first-order chi connectivity index (χ1) is 22.7. The largest absolute Gasteiger partial charge is 0.396 e. The van der Waals surface area contributed by atoms with Gasteiger partial charge in [-0.3, -0.25) is 9.11 Å². The summed E-state index contributed by atoms with van der Waals surface area (Å²) < 4.78 is 68.2. The van der Waals surface area contributed by atoms with E-state index in [4.69, 9.17) is 11.5 Å². The normalized spacial score (nSPS) is 12.5. The maximum absolute atomic E-state index is 12.1. The molecular formula is C34H28N6O6S2. The molecule has 0 aliphatic rings. The molecule has 0 radical (unpaired) electrons. The van der Waals surface area contributed by atoms with Crippen molar-refractivity contribution in [3.05, 3.63) is 108 Å². The minimum absolute atomic E-state index is 0.102. The van der Waals surface area contributed by atoms with Crippen LogP contribution in [0, 0.1) is 13.8 Å². The van der Waals surface area contributed by atoms with Crippen LogP contribution in [0.5, 0.6) is 0 Å². The van der Waals surface area contributed by atoms with Crippen molar-refractivity contribution in [2.75, 3.05) is 11.5 Å². The number of hydrogen-bond acceptors (Lipinski definition) is 10. The lowest BCUT2D eigenvalue weighted by Crippen LogP contribution is -2.04. The Morgan fingerprint density at radius 1 is 0.500 bits per heavy atom. The number of fused-ring (bicyclic) bond motifs is 2. The van der Waals surface area contributed by atoms with Crippen molar-refractivity contribution < 1.29 is 25.9 Å². The van der Waals surface area contributed by atoms with Crippen LogP contribution in [-0.4, -0.2) is 25.9 Å². The molecule has 0 aliphatic carbocycles. The zero-order chi connectivity index (χ0) is 34.4. The molecule has 0 atom stereocenters. The Balaban J connectivity index is 1.28. The van der Waals surface area contributed by atoms with E-state index in [0.717, 1.165) is 22.3 Å². The van der Waals surface area contributed by atoms with Gasteiger partial charge >= 0.3 is 0 Å². The molecule has 0 aromatic heterocycles. The Labute approximate surface area is 276 Å². The van der Waals surface area contributed by atoms with Crippen molar-refractivity contribution in [1.29, 1.82) is 0 Å². The van der Waals surface area contributed by atoms with E-state index in [1.54, 1.807) is 72.8 Å². The quantitative estimate of drug-likeness (QED) is 0.0725. The summed E-state index contributed by atoms with van der Waals surface area (Å²) >= 11 is 0. The second-order valence-electron chi connectivity index (χ2n) is 11.1. The van der Waals surface area contributed by atoms with Crippen LogP contribution in [0.3, 0.4) is 0 Å². The molecule has 0 bridgehead atoms. The number of nitrogens with two attached hydrogens (primary N) is 2. The first-order valence-electron chi connectivity index (χ1n) is 14.3. The molecule has 48 heavy (non-hydrogen) atoms. The van der Waals surface area contributed by atoms with Crippen LogP contribution in [0.2, 0.25) is 0 Å². The van der Waals surface area contributed by atoms with Gasteiger partial charge in [0.1, 0.15) is 21.2 Å². The predicted octanol–water partition coefficient (Wildman–Crippen LogP) is 8.77. The minimum atomic E-state index is -4.63. The van der Waals surface area contributed by atoms with Crippen LogP contribution in [0.15, 0.2) is 127 Å². The third kappa shape index (κ3) is 6.24. The number of rotatable bonds is 7. The lowest BCUT2D eigenvalue weighted by molar-refractivity contribution is 0.482. The van der Waals surface area contributed by atoms with E-state index in [1.165, 1.54) is 0 Å². The molecule has 0 saturated carbocycles. The molecule has 6 rings (SSSR count). The molecule has 242 valence electrons. The van der Waals surface area contributed by atoms with Crippen molar-refractivity contribution in [3.63, 3.8) is 0 Å². The third-order valence-electron chi connectivity index (χ3n) is 7.81. The monoisotopic (exact) mass is 680 g/mol. The molecule has 0 aliphatic heterocycles. The maximum atomic E-state index is 12.1. The zero-order valence-corrected chi connectivity index (χ0v) is 27.2. The second kappa shape index (κ2) is 12.2. The summed E-state index contributed by atoms with van der Waals surface area (Å²) in [6.07, 6.45) is 0. The van der Waals surface area contributed by atoms with Gasteiger partial charge < -0.3 is 11.5 Å². The van der Waals surface area contributed by atoms with Gasteiger partial charge in [-0.2, -0.15) is 27.1 Å². The highest BCUT2D eigenvalue weighted by molar-refractivity contribution is 7.86. The van der Waals surface area contributed by atoms with Crippen molar-refractivity contribution in [1.82, 2.24) is 0 Å². The van der Waals surface area contributed by atoms with Gasteiger partial charge in [-0.1, -0.05) is 60.7 Å². The summed E-state index contributed by atoms with van der Waals surface area (Å²) in [4.78, 5) is -0.827. The summed E-state index contributed by atoms with van der Waals surface area (Å²) in [6.45, 7) is 3.71. The van der Waals surface area contributed by atoms with E-state index in [2.05, 4.69) is 20.5 Å². The van der Waals surface area contributed by atoms with Gasteiger partial charge in [0, 0.05) is 10.8 Å². The maximum Gasteiger partial charge on any atom is 0.297 e. The smallest absolute Gasteiger partial charge is 0.297 e. The number of nitrogen functional groups attached to an aromatic ring is 2. The number of azo groups is 2. The van der Waals surface area contributed by atoms with Gasteiger partial charge in [-0.05, 0) is 83.3 Å². The molecule has 0 amide bonds. The fourth-order valence-electron chi connectivity index (χ4n) is 5.46. The Morgan fingerprint density at radius 2 is 0.854 bits per heavy atom. The fraction of sp³-hybridized carbons (Fsp3) is 0.0588. The highest BCUT2D eigenvalue weighted by Crippen LogP contribution is 2.40. The molecular weight excluding hydrogens is 653 g/mol. The van der Waals surface area contributed by atoms with Gasteiger partial charge in [0.15, 0.2) is 0 Å². The standard InChI is InChI=1S/C34H28N6O6S2/c1-19-15-21(11-13-27(19)37-39-29-17-23-7-3-5-9-25(23)33(31(29)35)47(41,42)43)22-12-14-28(20(2)16-22)38-40-30-18-24-8-4-6-10-26(24)34(32(30)36)48(44,45)46/h3-18H,35-36H2,1-2H3,(H,41,42,43)(H,44,45,46)/b39-37+,40-38+. The van der Waals surface area contributed by atoms with Gasteiger partial charge in [-0.25, -0.2) is 0 Å². The summed E-state index contributed by atoms with van der Waals surface area (Å²) in [5.74, 6) is 0. The molecule has 0 fully saturated rings. The van der Waals surface area contributed by atoms with Crippen LogP contribution >= 0.6 is 0 Å². The highest BCUT2D eigenvalue weighted by atomic mass is 32.2. The van der Waals surface area contributed by atoms with Gasteiger partial charge in [0.2, 0.25) is 0 Å². The molecule has 0 spiro atoms. The Kier molecular flexibility index (Phi) is 8.26. The molecule has 0 heterocycles. The van der Waals surface area contributed by atoms with Gasteiger partial charge in [0.05, 0.1) is 22.7 Å². The number of aryl methyl sites for hydroxylation is 2. The minimum Gasteiger partial charge on any atom is -0.396 e. The van der Waals surface area contributed by atoms with E-state index < -0.39 is 30.0 Å². The first-order valence-corrected chi connectivity index (χ1v) is 17.2. The van der Waals surface area contributed by atoms with Crippen LogP contribution in [-0.2, 0) is 20.2 Å². The average Bonchev–Trinajstić information content (AvgIpc) is 3.02. The summed E-state index contributed by atoms with van der Waals surface area (Å²) in [5, 5.41) is 18.7. The summed E-state index contributed by atoms with van der Waals surface area (Å²) in [6, 6.07) is 27.6. The van der Waals surface area contributed by atoms with E-state index >= 15 is 0 Å². The van der Waals surface area contributed by atoms with E-state index in [9.17, 15) is 25.9 Å². The molecule has 6 aromatic carbocycles. The molecule has 0 unspecified atom stereocenters. The van der Waals surface area contributed by atoms with E-state index in [1.807, 2.05) is 38.1 Å². The lowest BCUT2D eigenvalue weighted by atomic mass is 10.0. The van der Waals surface area contributed by atoms with Gasteiger partial charge in [0.25, 0.3) is 20.2 Å². The SMILES string of the molecule is Cc1cc(-c2ccc(/N=N/c3cc4ccccc4c(S(=O)(=O)O)c3N)c(C)c2)ccc1/N=N/c1cc2ccccc2c(S(=O)(=O)O)c1N. The van der Waals surface area contributed by atoms with Gasteiger partial charge in [-0.15, -0.1) is 10.2 Å². The summed E-state index contributed by atoms with van der Waals surface area (Å²) in [7, 11) is -9.26. The highest BCUT2D eigenvalue weighted by Gasteiger charge is 2.22. The van der Waals surface area contributed by atoms with Crippen molar-refractivity contribution in [3.8, 4) is 11.1 Å². The fourth-order valence-corrected chi connectivity index (χ4v) is 7.16. The molecule has 0 saturated heterocycles. The van der Waals surface area contributed by atoms with Crippen molar-refractivity contribution in [2.45, 2.75) is 23.6 Å². The van der Waals surface area contributed by atoms with Crippen molar-refractivity contribution >= 4 is 75.9 Å². The van der Waals surface area contributed by atoms with Crippen LogP contribution < -0.4 is 11.5 Å². The number of benzene rings is 6. The average molecular weight is 681 g/mol. The number of anilines is 2. The topological polar surface area (TPSA) is 210 Å². The van der Waals surface area contributed by atoms with Crippen LogP contribution in [0.25, 0.3) is 32.7 Å². The van der Waals surface area contributed by atoms with Crippen LogP contribution in [0.1, 0.15) is 11.1 Å². The zero-order valence-electron chi connectivity index (χ0n) is 25.5. The summed E-state index contributed by atoms with van der Waals surface area (Å²) in [5.41, 5.74) is 16.4. The van der Waals surface area contributed by atoms with Crippen molar-refractivity contribution in [2.24, 2.45) is 20.5 Å². The molecule has 6 N–H and O–H groups in total. The second-order valence-corrected chi connectivity index (χ2v) is 13.8. The Morgan fingerprint density at radius 3 is 1.21 bits per heavy atom. The lowest BCUT2D eigenvalue weighted by Gasteiger charge is -2.10.